The van der Waals surface area contributed by atoms with Crippen molar-refractivity contribution in [1.29, 1.82) is 0 Å². The summed E-state index contributed by atoms with van der Waals surface area (Å²) in [6.07, 6.45) is 0.993. The summed E-state index contributed by atoms with van der Waals surface area (Å²) in [5, 5.41) is 8.64. The SMILES string of the molecule is CC(C(=O)O)c1ccccc1.COS(C)(=O)=O. The van der Waals surface area contributed by atoms with Crippen molar-refractivity contribution >= 4 is 16.1 Å². The number of carboxylic acids is 1. The molecule has 0 aliphatic heterocycles. The molecule has 1 N–H and O–H groups in total. The average Bonchev–Trinajstić information content (AvgIpc) is 2.29. The first kappa shape index (κ1) is 15.6. The molecule has 1 aromatic carbocycles. The Kier molecular flexibility index (Phi) is 6.45. The van der Waals surface area contributed by atoms with Crippen molar-refractivity contribution in [2.24, 2.45) is 0 Å². The molecule has 0 heterocycles. The number of aliphatic carboxylic acids is 1. The molecule has 0 saturated carbocycles. The van der Waals surface area contributed by atoms with E-state index in [1.807, 2.05) is 30.3 Å². The quantitative estimate of drug-likeness (QED) is 0.832. The fraction of sp³-hybridized carbons (Fsp3) is 0.364. The van der Waals surface area contributed by atoms with Gasteiger partial charge in [0.2, 0.25) is 0 Å². The van der Waals surface area contributed by atoms with Gasteiger partial charge >= 0.3 is 5.97 Å². The van der Waals surface area contributed by atoms with Crippen molar-refractivity contribution in [3.8, 4) is 0 Å². The molecule has 0 amide bonds. The van der Waals surface area contributed by atoms with E-state index < -0.39 is 22.0 Å². The Bertz CT molecular complexity index is 438. The summed E-state index contributed by atoms with van der Waals surface area (Å²) in [4.78, 5) is 10.5. The van der Waals surface area contributed by atoms with Crippen molar-refractivity contribution < 1.29 is 22.5 Å². The first-order valence-corrected chi connectivity index (χ1v) is 6.63. The molecule has 17 heavy (non-hydrogen) atoms. The Balaban J connectivity index is 0.000000366. The summed E-state index contributed by atoms with van der Waals surface area (Å²) in [5.74, 6) is -1.19. The minimum atomic E-state index is -3.16. The van der Waals surface area contributed by atoms with Crippen LogP contribution in [0.5, 0.6) is 0 Å². The predicted molar refractivity (Wildman–Crippen MR) is 64.3 cm³/mol. The molecular weight excluding hydrogens is 244 g/mol. The van der Waals surface area contributed by atoms with E-state index in [9.17, 15) is 13.2 Å². The fourth-order valence-corrected chi connectivity index (χ4v) is 0.884. The van der Waals surface area contributed by atoms with Crippen LogP contribution in [0.25, 0.3) is 0 Å². The maximum absolute atomic E-state index is 10.5. The maximum Gasteiger partial charge on any atom is 0.310 e. The van der Waals surface area contributed by atoms with Crippen LogP contribution in [0.4, 0.5) is 0 Å². The molecule has 0 bridgehead atoms. The number of hydrogen-bond acceptors (Lipinski definition) is 4. The smallest absolute Gasteiger partial charge is 0.310 e. The van der Waals surface area contributed by atoms with E-state index in [2.05, 4.69) is 4.18 Å². The second-order valence-corrected chi connectivity index (χ2v) is 5.08. The third-order valence-corrected chi connectivity index (χ3v) is 2.58. The number of carboxylic acid groups (broad SMARTS) is 1. The molecule has 5 nitrogen and oxygen atoms in total. The number of carbonyl (C=O) groups is 1. The zero-order chi connectivity index (χ0) is 13.5. The van der Waals surface area contributed by atoms with Gasteiger partial charge in [-0.15, -0.1) is 0 Å². The largest absolute Gasteiger partial charge is 0.481 e. The average molecular weight is 260 g/mol. The van der Waals surface area contributed by atoms with Gasteiger partial charge in [0.15, 0.2) is 0 Å². The lowest BCUT2D eigenvalue weighted by molar-refractivity contribution is -0.138. The van der Waals surface area contributed by atoms with Gasteiger partial charge in [-0.25, -0.2) is 0 Å². The number of benzene rings is 1. The molecule has 1 atom stereocenters. The van der Waals surface area contributed by atoms with E-state index >= 15 is 0 Å². The minimum Gasteiger partial charge on any atom is -0.481 e. The van der Waals surface area contributed by atoms with Crippen molar-refractivity contribution in [3.05, 3.63) is 35.9 Å². The van der Waals surface area contributed by atoms with Crippen LogP contribution in [-0.2, 0) is 19.1 Å². The second-order valence-electron chi connectivity index (χ2n) is 3.34. The molecule has 6 heteroatoms. The third-order valence-electron chi connectivity index (χ3n) is 1.97. The first-order chi connectivity index (χ1) is 7.78. The van der Waals surface area contributed by atoms with Crippen LogP contribution >= 0.6 is 0 Å². The zero-order valence-corrected chi connectivity index (χ0v) is 10.8. The molecule has 1 aromatic rings. The van der Waals surface area contributed by atoms with E-state index in [-0.39, 0.29) is 0 Å². The molecule has 1 rings (SSSR count). The van der Waals surface area contributed by atoms with Gasteiger partial charge in [-0.3, -0.25) is 8.98 Å². The van der Waals surface area contributed by atoms with Crippen LogP contribution < -0.4 is 0 Å². The van der Waals surface area contributed by atoms with E-state index in [4.69, 9.17) is 5.11 Å². The second kappa shape index (κ2) is 7.03. The summed E-state index contributed by atoms with van der Waals surface area (Å²) in [7, 11) is -2.04. The van der Waals surface area contributed by atoms with Crippen LogP contribution in [0.15, 0.2) is 30.3 Å². The van der Waals surface area contributed by atoms with Crippen molar-refractivity contribution in [2.75, 3.05) is 13.4 Å². The van der Waals surface area contributed by atoms with Crippen LogP contribution in [0, 0.1) is 0 Å². The molecular formula is C11H16O5S. The molecule has 0 radical (unpaired) electrons. The molecule has 96 valence electrons. The van der Waals surface area contributed by atoms with Crippen LogP contribution in [-0.4, -0.2) is 32.9 Å². The highest BCUT2D eigenvalue weighted by molar-refractivity contribution is 7.85. The Morgan fingerprint density at radius 2 is 1.71 bits per heavy atom. The highest BCUT2D eigenvalue weighted by Crippen LogP contribution is 2.13. The van der Waals surface area contributed by atoms with Gasteiger partial charge in [0, 0.05) is 0 Å². The van der Waals surface area contributed by atoms with Crippen LogP contribution in [0.3, 0.4) is 0 Å². The molecule has 0 spiro atoms. The third kappa shape index (κ3) is 7.48. The van der Waals surface area contributed by atoms with Gasteiger partial charge in [0.05, 0.1) is 19.3 Å². The highest BCUT2D eigenvalue weighted by Gasteiger charge is 2.11. The summed E-state index contributed by atoms with van der Waals surface area (Å²) >= 11 is 0. The lowest BCUT2D eigenvalue weighted by Crippen LogP contribution is -2.06. The van der Waals surface area contributed by atoms with Crippen molar-refractivity contribution in [3.63, 3.8) is 0 Å². The Hall–Kier alpha value is -1.40. The van der Waals surface area contributed by atoms with Gasteiger partial charge in [0.1, 0.15) is 0 Å². The maximum atomic E-state index is 10.5. The summed E-state index contributed by atoms with van der Waals surface area (Å²) in [6.45, 7) is 1.68. The van der Waals surface area contributed by atoms with Gasteiger partial charge < -0.3 is 5.11 Å². The van der Waals surface area contributed by atoms with Gasteiger partial charge in [-0.1, -0.05) is 30.3 Å². The summed E-state index contributed by atoms with van der Waals surface area (Å²) in [5.41, 5.74) is 0.847. The summed E-state index contributed by atoms with van der Waals surface area (Å²) < 4.78 is 23.5. The highest BCUT2D eigenvalue weighted by atomic mass is 32.2. The zero-order valence-electron chi connectivity index (χ0n) is 9.95. The minimum absolute atomic E-state index is 0.406. The first-order valence-electron chi connectivity index (χ1n) is 4.81. The normalized spacial score (nSPS) is 12.2. The topological polar surface area (TPSA) is 80.7 Å². The predicted octanol–water partition coefficient (Wildman–Crippen LogP) is 1.47. The lowest BCUT2D eigenvalue weighted by Gasteiger charge is -2.04. The molecule has 0 saturated heterocycles. The van der Waals surface area contributed by atoms with Crippen LogP contribution in [0.1, 0.15) is 18.4 Å². The van der Waals surface area contributed by atoms with Crippen molar-refractivity contribution in [1.82, 2.24) is 0 Å². The Labute approximate surface area is 101 Å². The van der Waals surface area contributed by atoms with Gasteiger partial charge in [-0.2, -0.15) is 8.42 Å². The van der Waals surface area contributed by atoms with Crippen molar-refractivity contribution in [2.45, 2.75) is 12.8 Å². The van der Waals surface area contributed by atoms with E-state index in [1.165, 1.54) is 0 Å². The monoisotopic (exact) mass is 260 g/mol. The van der Waals surface area contributed by atoms with E-state index in [0.717, 1.165) is 18.9 Å². The fourth-order valence-electron chi connectivity index (χ4n) is 0.884. The lowest BCUT2D eigenvalue weighted by atomic mass is 10.0. The standard InChI is InChI=1S/C9H10O2.C2H6O3S/c1-7(9(10)11)8-5-3-2-4-6-8;1-5-6(2,3)4/h2-7H,1H3,(H,10,11);1-2H3. The molecule has 1 unspecified atom stereocenters. The molecule has 0 aliphatic carbocycles. The Morgan fingerprint density at radius 3 is 2.00 bits per heavy atom. The van der Waals surface area contributed by atoms with Crippen LogP contribution in [0.2, 0.25) is 0 Å². The molecule has 0 aromatic heterocycles. The van der Waals surface area contributed by atoms with Gasteiger partial charge in [0.25, 0.3) is 10.1 Å². The van der Waals surface area contributed by atoms with E-state index in [0.29, 0.717) is 0 Å². The molecule has 0 fully saturated rings. The summed E-state index contributed by atoms with van der Waals surface area (Å²) in [6, 6.07) is 9.19. The van der Waals surface area contributed by atoms with Gasteiger partial charge in [-0.05, 0) is 12.5 Å². The van der Waals surface area contributed by atoms with E-state index in [1.54, 1.807) is 6.92 Å². The number of rotatable bonds is 3. The molecule has 0 aliphatic rings. The Morgan fingerprint density at radius 1 is 1.29 bits per heavy atom. The number of hydrogen-bond donors (Lipinski definition) is 1.